The summed E-state index contributed by atoms with van der Waals surface area (Å²) in [5.74, 6) is -0.0934. The van der Waals surface area contributed by atoms with Crippen LogP contribution in [0.25, 0.3) is 43.7 Å². The molecule has 33 heavy (non-hydrogen) atoms. The molecule has 2 N–H and O–H groups in total. The number of benzene rings is 5. The molecule has 6 heteroatoms. The van der Waals surface area contributed by atoms with Crippen molar-refractivity contribution < 1.29 is 5.11 Å². The summed E-state index contributed by atoms with van der Waals surface area (Å²) < 4.78 is 2.20. The van der Waals surface area contributed by atoms with Gasteiger partial charge in [-0.2, -0.15) is 4.68 Å². The van der Waals surface area contributed by atoms with Crippen molar-refractivity contribution in [3.8, 4) is 17.1 Å². The Labute approximate surface area is 187 Å². The lowest BCUT2D eigenvalue weighted by atomic mass is 9.93. The first kappa shape index (κ1) is 19.1. The van der Waals surface area contributed by atoms with Crippen LogP contribution in [0.4, 0.5) is 0 Å². The molecule has 0 aliphatic rings. The number of para-hydroxylation sites is 1. The number of fused-ring (bicyclic) bond motifs is 5. The third-order valence-corrected chi connectivity index (χ3v) is 6.20. The number of H-pyrrole nitrogens is 1. The van der Waals surface area contributed by atoms with E-state index in [0.717, 1.165) is 41.7 Å². The number of phenols is 1. The third kappa shape index (κ3) is 2.74. The van der Waals surface area contributed by atoms with E-state index >= 15 is 0 Å². The molecule has 6 nitrogen and oxygen atoms in total. The molecule has 6 aromatic rings. The highest BCUT2D eigenvalue weighted by molar-refractivity contribution is 6.23. The number of hydrogen-bond donors (Lipinski definition) is 2. The molecular weight excluding hydrogens is 414 g/mol. The summed E-state index contributed by atoms with van der Waals surface area (Å²) in [6.07, 6.45) is 0. The highest BCUT2D eigenvalue weighted by Crippen LogP contribution is 2.39. The van der Waals surface area contributed by atoms with Crippen molar-refractivity contribution in [3.05, 3.63) is 111 Å². The molecule has 0 fully saturated rings. The van der Waals surface area contributed by atoms with E-state index in [-0.39, 0.29) is 11.4 Å². The van der Waals surface area contributed by atoms with Crippen LogP contribution in [0.1, 0.15) is 5.56 Å². The number of aryl methyl sites for hydroxylation is 1. The highest BCUT2D eigenvalue weighted by Gasteiger charge is 2.20. The number of hydrogen-bond acceptors (Lipinski definition) is 3. The van der Waals surface area contributed by atoms with Crippen LogP contribution in [0.2, 0.25) is 0 Å². The molecule has 0 unspecified atom stereocenters. The number of phenolic OH excluding ortho intramolecular Hbond substituents is 1. The monoisotopic (exact) mass is 433 g/mol. The van der Waals surface area contributed by atoms with Gasteiger partial charge in [0, 0.05) is 5.39 Å². The van der Waals surface area contributed by atoms with Crippen molar-refractivity contribution in [1.82, 2.24) is 14.3 Å². The summed E-state index contributed by atoms with van der Waals surface area (Å²) in [7, 11) is 0. The zero-order valence-electron chi connectivity index (χ0n) is 17.7. The normalized spacial score (nSPS) is 11.5. The van der Waals surface area contributed by atoms with Gasteiger partial charge in [-0.1, -0.05) is 66.7 Å². The summed E-state index contributed by atoms with van der Waals surface area (Å²) in [5.41, 5.74) is 0.633. The van der Waals surface area contributed by atoms with Gasteiger partial charge >= 0.3 is 11.4 Å². The zero-order valence-corrected chi connectivity index (χ0v) is 17.7. The van der Waals surface area contributed by atoms with Gasteiger partial charge < -0.3 is 5.11 Å². The number of aromatic hydroxyl groups is 1. The predicted molar refractivity (Wildman–Crippen MR) is 131 cm³/mol. The van der Waals surface area contributed by atoms with Crippen molar-refractivity contribution in [2.45, 2.75) is 6.92 Å². The van der Waals surface area contributed by atoms with Crippen molar-refractivity contribution >= 4 is 32.3 Å². The fourth-order valence-corrected chi connectivity index (χ4v) is 4.73. The van der Waals surface area contributed by atoms with Gasteiger partial charge in [0.1, 0.15) is 11.4 Å². The molecule has 0 aliphatic carbocycles. The largest absolute Gasteiger partial charge is 0.506 e. The second-order valence-electron chi connectivity index (χ2n) is 8.14. The van der Waals surface area contributed by atoms with Gasteiger partial charge in [0.05, 0.1) is 5.69 Å². The van der Waals surface area contributed by atoms with E-state index in [1.807, 2.05) is 55.5 Å². The third-order valence-electron chi connectivity index (χ3n) is 6.20. The number of rotatable bonds is 2. The molecule has 0 radical (unpaired) electrons. The van der Waals surface area contributed by atoms with Gasteiger partial charge in [-0.25, -0.2) is 19.3 Å². The fraction of sp³-hybridized carbons (Fsp3) is 0.0370. The number of nitrogens with zero attached hydrogens (tertiary/aromatic N) is 2. The van der Waals surface area contributed by atoms with Crippen LogP contribution in [0.15, 0.2) is 94.5 Å². The molecule has 160 valence electrons. The Balaban J connectivity index is 1.82. The highest BCUT2D eigenvalue weighted by atomic mass is 16.3. The standard InChI is InChI=1S/C27H19N3O3/c1-16-6-5-7-17-10-11-18-12-13-19-14-15-21(31)25(24(19)23(18)22(16)17)30-27(33)29(26(32)28-30)20-8-3-2-4-9-20/h2-15,31H,1H3,(H,28,32). The lowest BCUT2D eigenvalue weighted by molar-refractivity contribution is 0.470. The smallest absolute Gasteiger partial charge is 0.356 e. The Morgan fingerprint density at radius 1 is 0.697 bits per heavy atom. The molecule has 0 spiro atoms. The van der Waals surface area contributed by atoms with Crippen LogP contribution in [0, 0.1) is 6.92 Å². The maximum absolute atomic E-state index is 13.4. The number of nitrogens with one attached hydrogen (secondary N) is 1. The second-order valence-corrected chi connectivity index (χ2v) is 8.14. The van der Waals surface area contributed by atoms with Crippen LogP contribution >= 0.6 is 0 Å². The van der Waals surface area contributed by atoms with Gasteiger partial charge in [0.15, 0.2) is 0 Å². The molecule has 0 bridgehead atoms. The van der Waals surface area contributed by atoms with Crippen LogP contribution in [0.3, 0.4) is 0 Å². The SMILES string of the molecule is Cc1cccc2ccc3ccc4ccc(O)c(-n5[nH]c(=O)n(-c6ccccc6)c5=O)c4c3c12. The summed E-state index contributed by atoms with van der Waals surface area (Å²) in [4.78, 5) is 26.3. The van der Waals surface area contributed by atoms with Gasteiger partial charge in [0.25, 0.3) is 0 Å². The number of aromatic nitrogens is 3. The van der Waals surface area contributed by atoms with Crippen molar-refractivity contribution in [2.75, 3.05) is 0 Å². The summed E-state index contributed by atoms with van der Waals surface area (Å²) in [5, 5.41) is 19.2. The fourth-order valence-electron chi connectivity index (χ4n) is 4.73. The Hall–Kier alpha value is -4.58. The molecule has 1 aromatic heterocycles. The summed E-state index contributed by atoms with van der Waals surface area (Å²) >= 11 is 0. The van der Waals surface area contributed by atoms with Crippen molar-refractivity contribution in [3.63, 3.8) is 0 Å². The molecule has 0 saturated carbocycles. The van der Waals surface area contributed by atoms with Gasteiger partial charge in [-0.05, 0) is 57.6 Å². The minimum atomic E-state index is -0.581. The molecule has 0 aliphatic heterocycles. The lowest BCUT2D eigenvalue weighted by Gasteiger charge is -2.14. The van der Waals surface area contributed by atoms with Crippen LogP contribution in [-0.4, -0.2) is 19.5 Å². The first-order chi connectivity index (χ1) is 16.0. The topological polar surface area (TPSA) is 80.0 Å². The minimum Gasteiger partial charge on any atom is -0.506 e. The minimum absolute atomic E-state index is 0.0934. The van der Waals surface area contributed by atoms with E-state index < -0.39 is 11.4 Å². The van der Waals surface area contributed by atoms with Gasteiger partial charge in [-0.3, -0.25) is 0 Å². The lowest BCUT2D eigenvalue weighted by Crippen LogP contribution is -2.26. The molecule has 0 atom stereocenters. The van der Waals surface area contributed by atoms with E-state index in [0.29, 0.717) is 11.1 Å². The quantitative estimate of drug-likeness (QED) is 0.385. The first-order valence-electron chi connectivity index (χ1n) is 10.6. The predicted octanol–water partition coefficient (Wildman–Crippen LogP) is 4.79. The van der Waals surface area contributed by atoms with Crippen molar-refractivity contribution in [1.29, 1.82) is 0 Å². The maximum Gasteiger partial charge on any atom is 0.356 e. The molecule has 0 amide bonds. The molecule has 1 heterocycles. The van der Waals surface area contributed by atoms with E-state index in [2.05, 4.69) is 11.2 Å². The van der Waals surface area contributed by atoms with Gasteiger partial charge in [-0.15, -0.1) is 0 Å². The van der Waals surface area contributed by atoms with E-state index in [1.165, 1.54) is 0 Å². The van der Waals surface area contributed by atoms with Crippen molar-refractivity contribution in [2.24, 2.45) is 0 Å². The van der Waals surface area contributed by atoms with Crippen LogP contribution in [-0.2, 0) is 0 Å². The Morgan fingerprint density at radius 2 is 1.33 bits per heavy atom. The van der Waals surface area contributed by atoms with Gasteiger partial charge in [0.2, 0.25) is 0 Å². The maximum atomic E-state index is 13.4. The van der Waals surface area contributed by atoms with Crippen LogP contribution < -0.4 is 11.4 Å². The molecule has 5 aromatic carbocycles. The summed E-state index contributed by atoms with van der Waals surface area (Å²) in [6, 6.07) is 26.3. The zero-order chi connectivity index (χ0) is 22.7. The Bertz CT molecular complexity index is 1820. The molecule has 0 saturated heterocycles. The first-order valence-corrected chi connectivity index (χ1v) is 10.6. The van der Waals surface area contributed by atoms with E-state index in [4.69, 9.17) is 0 Å². The average Bonchev–Trinajstić information content (AvgIpc) is 3.12. The van der Waals surface area contributed by atoms with E-state index in [1.54, 1.807) is 30.3 Å². The number of aromatic amines is 1. The van der Waals surface area contributed by atoms with Crippen LogP contribution in [0.5, 0.6) is 5.75 Å². The average molecular weight is 433 g/mol. The summed E-state index contributed by atoms with van der Waals surface area (Å²) in [6.45, 7) is 2.04. The molecule has 6 rings (SSSR count). The Morgan fingerprint density at radius 3 is 2.06 bits per heavy atom. The van der Waals surface area contributed by atoms with E-state index in [9.17, 15) is 14.7 Å². The molecular formula is C27H19N3O3. The Kier molecular flexibility index (Phi) is 4.04. The second kappa shape index (κ2) is 6.97.